The zero-order valence-electron chi connectivity index (χ0n) is 17.4. The molecule has 4 aromatic rings. The summed E-state index contributed by atoms with van der Waals surface area (Å²) in [5, 5.41) is 12.4. The molecule has 1 amide bonds. The van der Waals surface area contributed by atoms with Gasteiger partial charge in [-0.15, -0.1) is 10.2 Å². The van der Waals surface area contributed by atoms with E-state index in [1.165, 1.54) is 11.8 Å². The molecular formula is C24H23N5OS. The van der Waals surface area contributed by atoms with Gasteiger partial charge in [-0.2, -0.15) is 0 Å². The number of nitrogens with two attached hydrogens (primary N) is 1. The molecule has 0 aliphatic heterocycles. The molecule has 4 rings (SSSR count). The molecule has 0 saturated carbocycles. The number of rotatable bonds is 6. The van der Waals surface area contributed by atoms with Crippen molar-refractivity contribution < 1.29 is 4.79 Å². The number of carbonyl (C=O) groups excluding carboxylic acids is 1. The van der Waals surface area contributed by atoms with Crippen molar-refractivity contribution in [3.63, 3.8) is 0 Å². The second kappa shape index (κ2) is 9.06. The fraction of sp³-hybridized carbons (Fsp3) is 0.125. The number of hydrogen-bond donors (Lipinski definition) is 2. The van der Waals surface area contributed by atoms with Crippen LogP contribution in [0.1, 0.15) is 11.1 Å². The fourth-order valence-electron chi connectivity index (χ4n) is 3.24. The van der Waals surface area contributed by atoms with Crippen molar-refractivity contribution in [1.29, 1.82) is 0 Å². The van der Waals surface area contributed by atoms with Crippen LogP contribution in [-0.4, -0.2) is 26.4 Å². The molecule has 0 spiro atoms. The maximum Gasteiger partial charge on any atom is 0.234 e. The molecule has 0 saturated heterocycles. The Labute approximate surface area is 185 Å². The highest BCUT2D eigenvalue weighted by molar-refractivity contribution is 7.99. The number of hydrogen-bond acceptors (Lipinski definition) is 5. The summed E-state index contributed by atoms with van der Waals surface area (Å²) in [6.45, 7) is 4.03. The van der Waals surface area contributed by atoms with Crippen LogP contribution in [0, 0.1) is 13.8 Å². The minimum atomic E-state index is -0.0909. The van der Waals surface area contributed by atoms with E-state index < -0.39 is 0 Å². The van der Waals surface area contributed by atoms with Gasteiger partial charge in [0.1, 0.15) is 0 Å². The molecule has 156 valence electrons. The van der Waals surface area contributed by atoms with Crippen LogP contribution < -0.4 is 11.1 Å². The van der Waals surface area contributed by atoms with Crippen molar-refractivity contribution in [2.75, 3.05) is 16.8 Å². The SMILES string of the molecule is Cc1cccc(NC(=O)CSc2nnc(-c3cccc(N)c3)n2-c2ccccc2)c1C. The highest BCUT2D eigenvalue weighted by Gasteiger charge is 2.17. The predicted molar refractivity (Wildman–Crippen MR) is 126 cm³/mol. The Morgan fingerprint density at radius 2 is 1.77 bits per heavy atom. The molecule has 0 bridgehead atoms. The quantitative estimate of drug-likeness (QED) is 0.338. The van der Waals surface area contributed by atoms with E-state index in [1.807, 2.05) is 91.2 Å². The van der Waals surface area contributed by atoms with Gasteiger partial charge in [0.2, 0.25) is 5.91 Å². The van der Waals surface area contributed by atoms with Crippen molar-refractivity contribution >= 4 is 29.0 Å². The summed E-state index contributed by atoms with van der Waals surface area (Å²) in [4.78, 5) is 12.6. The number of anilines is 2. The van der Waals surface area contributed by atoms with Gasteiger partial charge in [0.25, 0.3) is 0 Å². The summed E-state index contributed by atoms with van der Waals surface area (Å²) in [5.74, 6) is 0.803. The molecular weight excluding hydrogens is 406 g/mol. The van der Waals surface area contributed by atoms with Gasteiger partial charge in [-0.1, -0.05) is 54.2 Å². The molecule has 0 unspecified atom stereocenters. The summed E-state index contributed by atoms with van der Waals surface area (Å²) in [6, 6.07) is 23.3. The van der Waals surface area contributed by atoms with Gasteiger partial charge in [0, 0.05) is 22.6 Å². The summed E-state index contributed by atoms with van der Waals surface area (Å²) >= 11 is 1.35. The number of thioether (sulfide) groups is 1. The van der Waals surface area contributed by atoms with Crippen molar-refractivity contribution in [1.82, 2.24) is 14.8 Å². The van der Waals surface area contributed by atoms with Crippen molar-refractivity contribution in [2.24, 2.45) is 0 Å². The molecule has 31 heavy (non-hydrogen) atoms. The maximum absolute atomic E-state index is 12.6. The Bertz CT molecular complexity index is 1220. The van der Waals surface area contributed by atoms with E-state index >= 15 is 0 Å². The van der Waals surface area contributed by atoms with E-state index in [4.69, 9.17) is 5.73 Å². The van der Waals surface area contributed by atoms with Crippen molar-refractivity contribution in [3.05, 3.63) is 83.9 Å². The van der Waals surface area contributed by atoms with E-state index in [1.54, 1.807) is 0 Å². The summed E-state index contributed by atoms with van der Waals surface area (Å²) < 4.78 is 1.95. The normalized spacial score (nSPS) is 10.8. The lowest BCUT2D eigenvalue weighted by Gasteiger charge is -2.12. The predicted octanol–water partition coefficient (Wildman–Crippen LogP) is 4.86. The van der Waals surface area contributed by atoms with E-state index in [9.17, 15) is 4.79 Å². The molecule has 1 heterocycles. The second-order valence-electron chi connectivity index (χ2n) is 7.19. The van der Waals surface area contributed by atoms with Gasteiger partial charge in [0.05, 0.1) is 5.75 Å². The lowest BCUT2D eigenvalue weighted by molar-refractivity contribution is -0.113. The second-order valence-corrected chi connectivity index (χ2v) is 8.13. The van der Waals surface area contributed by atoms with Crippen molar-refractivity contribution in [3.8, 4) is 17.1 Å². The molecule has 3 aromatic carbocycles. The van der Waals surface area contributed by atoms with Crippen LogP contribution in [0.3, 0.4) is 0 Å². The molecule has 3 N–H and O–H groups in total. The zero-order valence-corrected chi connectivity index (χ0v) is 18.2. The van der Waals surface area contributed by atoms with E-state index in [2.05, 4.69) is 15.5 Å². The van der Waals surface area contributed by atoms with Gasteiger partial charge < -0.3 is 11.1 Å². The smallest absolute Gasteiger partial charge is 0.234 e. The first-order valence-electron chi connectivity index (χ1n) is 9.88. The molecule has 0 aliphatic rings. The monoisotopic (exact) mass is 429 g/mol. The van der Waals surface area contributed by atoms with Crippen LogP contribution in [-0.2, 0) is 4.79 Å². The number of aryl methyl sites for hydroxylation is 1. The average molecular weight is 430 g/mol. The van der Waals surface area contributed by atoms with Crippen LogP contribution in [0.5, 0.6) is 0 Å². The zero-order chi connectivity index (χ0) is 21.8. The third-order valence-electron chi connectivity index (χ3n) is 5.00. The minimum Gasteiger partial charge on any atom is -0.399 e. The Hall–Kier alpha value is -3.58. The molecule has 1 aromatic heterocycles. The molecule has 0 fully saturated rings. The summed E-state index contributed by atoms with van der Waals surface area (Å²) in [7, 11) is 0. The van der Waals surface area contributed by atoms with Gasteiger partial charge in [-0.3, -0.25) is 9.36 Å². The molecule has 6 nitrogen and oxygen atoms in total. The number of amides is 1. The third kappa shape index (κ3) is 4.62. The minimum absolute atomic E-state index is 0.0909. The molecule has 0 atom stereocenters. The van der Waals surface area contributed by atoms with E-state index in [0.29, 0.717) is 16.7 Å². The number of nitrogens with zero attached hydrogens (tertiary/aromatic N) is 3. The summed E-state index contributed by atoms with van der Waals surface area (Å²) in [5.41, 5.74) is 11.4. The lowest BCUT2D eigenvalue weighted by Crippen LogP contribution is -2.15. The first-order valence-corrected chi connectivity index (χ1v) is 10.9. The fourth-order valence-corrected chi connectivity index (χ4v) is 3.99. The van der Waals surface area contributed by atoms with Crippen LogP contribution in [0.15, 0.2) is 78.0 Å². The topological polar surface area (TPSA) is 85.8 Å². The van der Waals surface area contributed by atoms with Crippen LogP contribution in [0.4, 0.5) is 11.4 Å². The van der Waals surface area contributed by atoms with Crippen LogP contribution in [0.2, 0.25) is 0 Å². The lowest BCUT2D eigenvalue weighted by atomic mass is 10.1. The number of carbonyl (C=O) groups is 1. The molecule has 0 aliphatic carbocycles. The molecule has 0 radical (unpaired) electrons. The van der Waals surface area contributed by atoms with Gasteiger partial charge in [-0.05, 0) is 55.3 Å². The van der Waals surface area contributed by atoms with E-state index in [0.717, 1.165) is 28.1 Å². The van der Waals surface area contributed by atoms with Crippen LogP contribution >= 0.6 is 11.8 Å². The highest BCUT2D eigenvalue weighted by atomic mass is 32.2. The summed E-state index contributed by atoms with van der Waals surface area (Å²) in [6.07, 6.45) is 0. The first kappa shape index (κ1) is 20.7. The number of aromatic nitrogens is 3. The Kier molecular flexibility index (Phi) is 6.04. The van der Waals surface area contributed by atoms with Gasteiger partial charge in [-0.25, -0.2) is 0 Å². The molecule has 7 heteroatoms. The first-order chi connectivity index (χ1) is 15.0. The van der Waals surface area contributed by atoms with E-state index in [-0.39, 0.29) is 11.7 Å². The van der Waals surface area contributed by atoms with Crippen LogP contribution in [0.25, 0.3) is 17.1 Å². The third-order valence-corrected chi connectivity index (χ3v) is 5.93. The van der Waals surface area contributed by atoms with Gasteiger partial charge >= 0.3 is 0 Å². The Balaban J connectivity index is 1.60. The highest BCUT2D eigenvalue weighted by Crippen LogP contribution is 2.29. The van der Waals surface area contributed by atoms with Gasteiger partial charge in [0.15, 0.2) is 11.0 Å². The average Bonchev–Trinajstić information content (AvgIpc) is 3.20. The Morgan fingerprint density at radius 3 is 2.55 bits per heavy atom. The standard InChI is InChI=1S/C24H23N5OS/c1-16-8-6-13-21(17(16)2)26-22(30)15-31-24-28-27-23(18-9-7-10-19(25)14-18)29(24)20-11-4-3-5-12-20/h3-14H,15,25H2,1-2H3,(H,26,30). The Morgan fingerprint density at radius 1 is 1.00 bits per heavy atom. The number of nitrogens with one attached hydrogen (secondary N) is 1. The number of para-hydroxylation sites is 1. The number of benzene rings is 3. The maximum atomic E-state index is 12.6. The largest absolute Gasteiger partial charge is 0.399 e. The number of nitrogen functional groups attached to an aromatic ring is 1. The van der Waals surface area contributed by atoms with Crippen molar-refractivity contribution in [2.45, 2.75) is 19.0 Å².